The minimum atomic E-state index is -4.88. The average molecular weight is 379 g/mol. The number of hydrogen-bond donors (Lipinski definition) is 2. The van der Waals surface area contributed by atoms with Crippen LogP contribution in [0.4, 0.5) is 13.2 Å². The summed E-state index contributed by atoms with van der Waals surface area (Å²) in [6, 6.07) is 7.32. The third-order valence-electron chi connectivity index (χ3n) is 2.52. The van der Waals surface area contributed by atoms with Crippen LogP contribution in [0.15, 0.2) is 34.8 Å². The van der Waals surface area contributed by atoms with Crippen LogP contribution < -0.4 is 10.6 Å². The molecule has 0 saturated heterocycles. The molecule has 8 heteroatoms. The minimum absolute atomic E-state index is 0.160. The molecule has 1 rings (SSSR count). The molecule has 0 aliphatic rings. The Balaban J connectivity index is 2.24. The third-order valence-corrected chi connectivity index (χ3v) is 3.24. The van der Waals surface area contributed by atoms with Crippen molar-refractivity contribution in [3.05, 3.63) is 40.4 Å². The van der Waals surface area contributed by atoms with Gasteiger partial charge in [-0.3, -0.25) is 9.59 Å². The van der Waals surface area contributed by atoms with Crippen molar-refractivity contribution in [2.75, 3.05) is 13.1 Å². The number of halogens is 4. The van der Waals surface area contributed by atoms with E-state index in [9.17, 15) is 22.8 Å². The van der Waals surface area contributed by atoms with Crippen molar-refractivity contribution in [1.29, 1.82) is 0 Å². The molecule has 0 aliphatic heterocycles. The predicted octanol–water partition coefficient (Wildman–Crippen LogP) is 2.65. The SMILES string of the molecule is O=C(/C=C/c1ccccc1Br)NCCCNC(=O)C(F)(F)F. The zero-order valence-corrected chi connectivity index (χ0v) is 13.0. The van der Waals surface area contributed by atoms with E-state index >= 15 is 0 Å². The van der Waals surface area contributed by atoms with Crippen molar-refractivity contribution in [3.63, 3.8) is 0 Å². The molecule has 4 nitrogen and oxygen atoms in total. The van der Waals surface area contributed by atoms with E-state index in [4.69, 9.17) is 0 Å². The van der Waals surface area contributed by atoms with Crippen molar-refractivity contribution in [1.82, 2.24) is 10.6 Å². The fourth-order valence-corrected chi connectivity index (χ4v) is 1.85. The van der Waals surface area contributed by atoms with E-state index < -0.39 is 12.1 Å². The van der Waals surface area contributed by atoms with Gasteiger partial charge in [0.05, 0.1) is 0 Å². The molecule has 0 spiro atoms. The minimum Gasteiger partial charge on any atom is -0.352 e. The largest absolute Gasteiger partial charge is 0.471 e. The molecule has 0 radical (unpaired) electrons. The van der Waals surface area contributed by atoms with Crippen LogP contribution in [0.5, 0.6) is 0 Å². The highest BCUT2D eigenvalue weighted by molar-refractivity contribution is 9.10. The molecule has 0 aliphatic carbocycles. The number of carbonyl (C=O) groups excluding carboxylic acids is 2. The summed E-state index contributed by atoms with van der Waals surface area (Å²) in [5, 5.41) is 4.23. The van der Waals surface area contributed by atoms with Gasteiger partial charge >= 0.3 is 12.1 Å². The fourth-order valence-electron chi connectivity index (χ4n) is 1.44. The van der Waals surface area contributed by atoms with E-state index in [-0.39, 0.29) is 25.4 Å². The summed E-state index contributed by atoms with van der Waals surface area (Å²) < 4.78 is 36.5. The molecule has 0 bridgehead atoms. The molecule has 1 aromatic rings. The molecule has 0 saturated carbocycles. The molecule has 2 amide bonds. The van der Waals surface area contributed by atoms with Gasteiger partial charge in [-0.2, -0.15) is 13.2 Å². The van der Waals surface area contributed by atoms with Crippen LogP contribution >= 0.6 is 15.9 Å². The Labute approximate surface area is 133 Å². The second kappa shape index (κ2) is 8.57. The van der Waals surface area contributed by atoms with Gasteiger partial charge in [0.2, 0.25) is 5.91 Å². The quantitative estimate of drug-likeness (QED) is 0.590. The smallest absolute Gasteiger partial charge is 0.352 e. The Morgan fingerprint density at radius 1 is 1.14 bits per heavy atom. The lowest BCUT2D eigenvalue weighted by Crippen LogP contribution is -2.38. The molecule has 2 N–H and O–H groups in total. The summed E-state index contributed by atoms with van der Waals surface area (Å²) >= 11 is 3.33. The van der Waals surface area contributed by atoms with Gasteiger partial charge < -0.3 is 10.6 Å². The van der Waals surface area contributed by atoms with Crippen molar-refractivity contribution >= 4 is 33.8 Å². The van der Waals surface area contributed by atoms with E-state index in [2.05, 4.69) is 21.2 Å². The maximum absolute atomic E-state index is 11.9. The van der Waals surface area contributed by atoms with Crippen molar-refractivity contribution in [2.45, 2.75) is 12.6 Å². The first-order chi connectivity index (χ1) is 10.3. The van der Waals surface area contributed by atoms with Crippen LogP contribution in [0.25, 0.3) is 6.08 Å². The van der Waals surface area contributed by atoms with Gasteiger partial charge in [0, 0.05) is 23.6 Å². The highest BCUT2D eigenvalue weighted by Gasteiger charge is 2.38. The average Bonchev–Trinajstić information content (AvgIpc) is 2.44. The van der Waals surface area contributed by atoms with Crippen LogP contribution in [0.1, 0.15) is 12.0 Å². The maximum Gasteiger partial charge on any atom is 0.471 e. The van der Waals surface area contributed by atoms with Crippen molar-refractivity contribution in [2.24, 2.45) is 0 Å². The van der Waals surface area contributed by atoms with E-state index in [0.717, 1.165) is 10.0 Å². The first-order valence-corrected chi connectivity index (χ1v) is 7.15. The van der Waals surface area contributed by atoms with Crippen LogP contribution in [0, 0.1) is 0 Å². The standard InChI is InChI=1S/C14H14BrF3N2O2/c15-11-5-2-1-4-10(11)6-7-12(21)19-8-3-9-20-13(22)14(16,17)18/h1-2,4-7H,3,8-9H2,(H,19,21)(H,20,22)/b7-6+. The van der Waals surface area contributed by atoms with Crippen LogP contribution in [-0.4, -0.2) is 31.1 Å². The number of alkyl halides is 3. The Morgan fingerprint density at radius 3 is 2.41 bits per heavy atom. The van der Waals surface area contributed by atoms with Gasteiger partial charge in [0.15, 0.2) is 0 Å². The Kier molecular flexibility index (Phi) is 7.10. The van der Waals surface area contributed by atoms with Crippen LogP contribution in [0.3, 0.4) is 0 Å². The second-order valence-electron chi connectivity index (χ2n) is 4.25. The van der Waals surface area contributed by atoms with E-state index in [1.165, 1.54) is 6.08 Å². The zero-order chi connectivity index (χ0) is 16.6. The highest BCUT2D eigenvalue weighted by atomic mass is 79.9. The van der Waals surface area contributed by atoms with Crippen LogP contribution in [-0.2, 0) is 9.59 Å². The molecular formula is C14H14BrF3N2O2. The summed E-state index contributed by atoms with van der Waals surface area (Å²) in [5.74, 6) is -2.34. The van der Waals surface area contributed by atoms with Gasteiger partial charge in [-0.25, -0.2) is 0 Å². The lowest BCUT2D eigenvalue weighted by atomic mass is 10.2. The van der Waals surface area contributed by atoms with Gasteiger partial charge in [-0.05, 0) is 24.1 Å². The lowest BCUT2D eigenvalue weighted by Gasteiger charge is -2.07. The Bertz CT molecular complexity index is 559. The van der Waals surface area contributed by atoms with E-state index in [0.29, 0.717) is 0 Å². The molecule has 0 unspecified atom stereocenters. The topological polar surface area (TPSA) is 58.2 Å². The number of rotatable bonds is 6. The number of amides is 2. The molecule has 22 heavy (non-hydrogen) atoms. The molecule has 120 valence electrons. The number of nitrogens with one attached hydrogen (secondary N) is 2. The molecule has 0 atom stereocenters. The highest BCUT2D eigenvalue weighted by Crippen LogP contribution is 2.17. The van der Waals surface area contributed by atoms with Crippen LogP contribution in [0.2, 0.25) is 0 Å². The first-order valence-electron chi connectivity index (χ1n) is 6.36. The number of carbonyl (C=O) groups is 2. The fraction of sp³-hybridized carbons (Fsp3) is 0.286. The molecule has 0 aromatic heterocycles. The summed E-state index contributed by atoms with van der Waals surface area (Å²) in [7, 11) is 0. The molecule has 0 heterocycles. The summed E-state index contributed by atoms with van der Waals surface area (Å²) in [6.07, 6.45) is -1.73. The summed E-state index contributed by atoms with van der Waals surface area (Å²) in [6.45, 7) is 0.00381. The van der Waals surface area contributed by atoms with Crippen molar-refractivity contribution < 1.29 is 22.8 Å². The predicted molar refractivity (Wildman–Crippen MR) is 79.9 cm³/mol. The maximum atomic E-state index is 11.9. The number of benzene rings is 1. The Morgan fingerprint density at radius 2 is 1.77 bits per heavy atom. The third kappa shape index (κ3) is 6.75. The second-order valence-corrected chi connectivity index (χ2v) is 5.11. The van der Waals surface area contributed by atoms with Crippen molar-refractivity contribution in [3.8, 4) is 0 Å². The normalized spacial score (nSPS) is 11.5. The van der Waals surface area contributed by atoms with E-state index in [1.54, 1.807) is 11.4 Å². The van der Waals surface area contributed by atoms with E-state index in [1.807, 2.05) is 24.3 Å². The van der Waals surface area contributed by atoms with Gasteiger partial charge in [0.1, 0.15) is 0 Å². The number of hydrogen-bond acceptors (Lipinski definition) is 2. The molecule has 1 aromatic carbocycles. The van der Waals surface area contributed by atoms with Gasteiger partial charge in [0.25, 0.3) is 0 Å². The zero-order valence-electron chi connectivity index (χ0n) is 11.4. The monoisotopic (exact) mass is 378 g/mol. The van der Waals surface area contributed by atoms with Gasteiger partial charge in [-0.1, -0.05) is 34.1 Å². The molecular weight excluding hydrogens is 365 g/mol. The lowest BCUT2D eigenvalue weighted by molar-refractivity contribution is -0.173. The van der Waals surface area contributed by atoms with Gasteiger partial charge in [-0.15, -0.1) is 0 Å². The summed E-state index contributed by atoms with van der Waals surface area (Å²) in [5.41, 5.74) is 0.829. The first kappa shape index (κ1) is 18.2. The Hall–Kier alpha value is -1.83. The summed E-state index contributed by atoms with van der Waals surface area (Å²) in [4.78, 5) is 22.0. The molecule has 0 fully saturated rings.